The van der Waals surface area contributed by atoms with Crippen molar-refractivity contribution in [2.45, 2.75) is 25.4 Å². The van der Waals surface area contributed by atoms with Gasteiger partial charge in [0, 0.05) is 28.8 Å². The van der Waals surface area contributed by atoms with Crippen LogP contribution in [0.1, 0.15) is 19.8 Å². The minimum atomic E-state index is -0.584. The lowest BCUT2D eigenvalue weighted by molar-refractivity contribution is -0.384. The molecule has 6 heteroatoms. The Morgan fingerprint density at radius 1 is 1.56 bits per heavy atom. The van der Waals surface area contributed by atoms with E-state index in [9.17, 15) is 15.2 Å². The van der Waals surface area contributed by atoms with Crippen molar-refractivity contribution in [2.24, 2.45) is 0 Å². The summed E-state index contributed by atoms with van der Waals surface area (Å²) < 4.78 is 0.848. The highest BCUT2D eigenvalue weighted by atomic mass is 127. The Kier molecular flexibility index (Phi) is 3.76. The fourth-order valence-corrected chi connectivity index (χ4v) is 3.16. The molecule has 0 saturated carbocycles. The van der Waals surface area contributed by atoms with E-state index in [1.54, 1.807) is 12.1 Å². The molecule has 1 saturated heterocycles. The van der Waals surface area contributed by atoms with Crippen molar-refractivity contribution in [1.82, 2.24) is 0 Å². The minimum absolute atomic E-state index is 0.104. The lowest BCUT2D eigenvalue weighted by Gasteiger charge is -2.48. The van der Waals surface area contributed by atoms with Gasteiger partial charge in [0.1, 0.15) is 0 Å². The number of non-ortho nitro benzene ring substituents is 1. The van der Waals surface area contributed by atoms with Gasteiger partial charge in [-0.2, -0.15) is 0 Å². The van der Waals surface area contributed by atoms with E-state index in [2.05, 4.69) is 34.4 Å². The highest BCUT2D eigenvalue weighted by Crippen LogP contribution is 2.35. The van der Waals surface area contributed by atoms with E-state index in [0.717, 1.165) is 22.1 Å². The molecule has 0 bridgehead atoms. The molecule has 1 N–H and O–H groups in total. The summed E-state index contributed by atoms with van der Waals surface area (Å²) in [5.41, 5.74) is 0.481. The number of nitrogens with zero attached hydrogens (tertiary/aromatic N) is 2. The smallest absolute Gasteiger partial charge is 0.270 e. The molecule has 0 radical (unpaired) electrons. The maximum absolute atomic E-state index is 10.7. The number of aliphatic hydroxyl groups is 1. The van der Waals surface area contributed by atoms with Gasteiger partial charge in [0.2, 0.25) is 0 Å². The van der Waals surface area contributed by atoms with E-state index in [0.29, 0.717) is 13.1 Å². The molecule has 1 fully saturated rings. The first-order valence-corrected chi connectivity index (χ1v) is 6.94. The van der Waals surface area contributed by atoms with Gasteiger partial charge in [0.25, 0.3) is 5.69 Å². The van der Waals surface area contributed by atoms with Gasteiger partial charge in [-0.1, -0.05) is 13.3 Å². The fourth-order valence-electron chi connectivity index (χ4n) is 2.32. The molecule has 0 spiro atoms. The van der Waals surface area contributed by atoms with Gasteiger partial charge >= 0.3 is 0 Å². The van der Waals surface area contributed by atoms with Crippen molar-refractivity contribution < 1.29 is 10.0 Å². The molecule has 0 unspecified atom stereocenters. The van der Waals surface area contributed by atoms with Crippen LogP contribution in [0.5, 0.6) is 0 Å². The van der Waals surface area contributed by atoms with Crippen LogP contribution in [0.25, 0.3) is 0 Å². The zero-order chi connectivity index (χ0) is 13.3. The minimum Gasteiger partial charge on any atom is -0.386 e. The second-order valence-electron chi connectivity index (χ2n) is 4.72. The first-order valence-electron chi connectivity index (χ1n) is 5.86. The average Bonchev–Trinajstić information content (AvgIpc) is 2.26. The largest absolute Gasteiger partial charge is 0.386 e. The highest BCUT2D eigenvalue weighted by Gasteiger charge is 2.40. The number of anilines is 1. The molecule has 1 heterocycles. The maximum Gasteiger partial charge on any atom is 0.270 e. The molecule has 2 rings (SSSR count). The fraction of sp³-hybridized carbons (Fsp3) is 0.500. The molecule has 0 aromatic heterocycles. The van der Waals surface area contributed by atoms with E-state index in [1.807, 2.05) is 0 Å². The first-order chi connectivity index (χ1) is 8.45. The number of nitro benzene ring substituents is 1. The number of rotatable bonds is 4. The van der Waals surface area contributed by atoms with E-state index in [-0.39, 0.29) is 5.69 Å². The van der Waals surface area contributed by atoms with Crippen molar-refractivity contribution in [3.8, 4) is 0 Å². The number of hydrogen-bond donors (Lipinski definition) is 1. The van der Waals surface area contributed by atoms with Gasteiger partial charge in [-0.05, 0) is 35.1 Å². The molecular formula is C12H15IN2O3. The number of nitro groups is 1. The van der Waals surface area contributed by atoms with Crippen LogP contribution in [0.15, 0.2) is 18.2 Å². The zero-order valence-electron chi connectivity index (χ0n) is 10.1. The standard InChI is InChI=1S/C12H15IN2O3/c1-2-5-12(16)7-14(8-12)11-4-3-9(15(17)18)6-10(11)13/h3-4,6,16H,2,5,7-8H2,1H3. The Morgan fingerprint density at radius 3 is 2.72 bits per heavy atom. The van der Waals surface area contributed by atoms with Gasteiger partial charge in [0.05, 0.1) is 16.2 Å². The topological polar surface area (TPSA) is 66.6 Å². The third kappa shape index (κ3) is 2.59. The van der Waals surface area contributed by atoms with Crippen molar-refractivity contribution in [3.63, 3.8) is 0 Å². The second-order valence-corrected chi connectivity index (χ2v) is 5.89. The van der Waals surface area contributed by atoms with Crippen LogP contribution < -0.4 is 4.90 Å². The molecule has 1 aromatic rings. The second kappa shape index (κ2) is 5.00. The molecule has 0 amide bonds. The number of β-amino-alcohol motifs (C(OH)–C–C–N with tert-alkyl or cyclic N) is 1. The molecule has 1 aliphatic rings. The molecule has 18 heavy (non-hydrogen) atoms. The molecule has 1 aliphatic heterocycles. The molecule has 0 atom stereocenters. The predicted octanol–water partition coefficient (Wildman–Crippen LogP) is 2.55. The molecule has 1 aromatic carbocycles. The SMILES string of the molecule is CCCC1(O)CN(c2ccc([N+](=O)[O-])cc2I)C1. The van der Waals surface area contributed by atoms with Crippen LogP contribution in [-0.2, 0) is 0 Å². The van der Waals surface area contributed by atoms with Crippen molar-refractivity contribution in [1.29, 1.82) is 0 Å². The van der Waals surface area contributed by atoms with Crippen LogP contribution in [0.2, 0.25) is 0 Å². The third-order valence-electron chi connectivity index (χ3n) is 3.17. The summed E-state index contributed by atoms with van der Waals surface area (Å²) in [6.07, 6.45) is 1.76. The summed E-state index contributed by atoms with van der Waals surface area (Å²) in [7, 11) is 0. The van der Waals surface area contributed by atoms with Gasteiger partial charge < -0.3 is 10.0 Å². The molecular weight excluding hydrogens is 347 g/mol. The Bertz CT molecular complexity index is 472. The Balaban J connectivity index is 2.10. The van der Waals surface area contributed by atoms with Crippen molar-refractivity contribution >= 4 is 34.0 Å². The summed E-state index contributed by atoms with van der Waals surface area (Å²) in [5, 5.41) is 20.8. The van der Waals surface area contributed by atoms with Crippen molar-refractivity contribution in [2.75, 3.05) is 18.0 Å². The monoisotopic (exact) mass is 362 g/mol. The van der Waals surface area contributed by atoms with Crippen LogP contribution in [0.3, 0.4) is 0 Å². The van der Waals surface area contributed by atoms with E-state index in [4.69, 9.17) is 0 Å². The maximum atomic E-state index is 10.7. The number of benzene rings is 1. The summed E-state index contributed by atoms with van der Waals surface area (Å²) in [5.74, 6) is 0. The number of hydrogen-bond acceptors (Lipinski definition) is 4. The highest BCUT2D eigenvalue weighted by molar-refractivity contribution is 14.1. The third-order valence-corrected chi connectivity index (χ3v) is 4.03. The van der Waals surface area contributed by atoms with Gasteiger partial charge in [-0.15, -0.1) is 0 Å². The van der Waals surface area contributed by atoms with Crippen molar-refractivity contribution in [3.05, 3.63) is 31.9 Å². The summed E-state index contributed by atoms with van der Waals surface area (Å²) in [6.45, 7) is 3.26. The lowest BCUT2D eigenvalue weighted by Crippen LogP contribution is -2.62. The van der Waals surface area contributed by atoms with E-state index in [1.165, 1.54) is 6.07 Å². The molecule has 0 aliphatic carbocycles. The summed E-state index contributed by atoms with van der Waals surface area (Å²) >= 11 is 2.10. The van der Waals surface area contributed by atoms with Crippen LogP contribution in [0, 0.1) is 13.7 Å². The van der Waals surface area contributed by atoms with Crippen LogP contribution in [-0.4, -0.2) is 28.7 Å². The normalized spacial score (nSPS) is 17.4. The Hall–Kier alpha value is -0.890. The zero-order valence-corrected chi connectivity index (χ0v) is 12.3. The first kappa shape index (κ1) is 13.5. The van der Waals surface area contributed by atoms with Gasteiger partial charge in [-0.25, -0.2) is 0 Å². The van der Waals surface area contributed by atoms with Crippen LogP contribution in [0.4, 0.5) is 11.4 Å². The Morgan fingerprint density at radius 2 is 2.22 bits per heavy atom. The Labute approximate surface area is 119 Å². The summed E-state index contributed by atoms with van der Waals surface area (Å²) in [4.78, 5) is 12.3. The van der Waals surface area contributed by atoms with Gasteiger partial charge in [-0.3, -0.25) is 10.1 Å². The summed E-state index contributed by atoms with van der Waals surface area (Å²) in [6, 6.07) is 4.83. The van der Waals surface area contributed by atoms with Gasteiger partial charge in [0.15, 0.2) is 0 Å². The molecule has 98 valence electrons. The van der Waals surface area contributed by atoms with E-state index >= 15 is 0 Å². The quantitative estimate of drug-likeness (QED) is 0.508. The average molecular weight is 362 g/mol. The molecule has 5 nitrogen and oxygen atoms in total. The lowest BCUT2D eigenvalue weighted by atomic mass is 9.89. The predicted molar refractivity (Wildman–Crippen MR) is 77.9 cm³/mol. The van der Waals surface area contributed by atoms with Crippen LogP contribution >= 0.6 is 22.6 Å². The van der Waals surface area contributed by atoms with E-state index < -0.39 is 10.5 Å². The number of halogens is 1.